The first-order chi connectivity index (χ1) is 13.4. The van der Waals surface area contributed by atoms with E-state index in [1.54, 1.807) is 34.5 Å². The minimum Gasteiger partial charge on any atom is -0.493 e. The molecule has 0 radical (unpaired) electrons. The summed E-state index contributed by atoms with van der Waals surface area (Å²) in [6.45, 7) is 6.06. The molecule has 0 amide bonds. The van der Waals surface area contributed by atoms with E-state index in [2.05, 4.69) is 13.5 Å². The van der Waals surface area contributed by atoms with Crippen LogP contribution in [-0.2, 0) is 14.3 Å². The van der Waals surface area contributed by atoms with Crippen LogP contribution in [0.3, 0.4) is 0 Å². The molecular formula is C22H28O6. The van der Waals surface area contributed by atoms with Gasteiger partial charge in [0.05, 0.1) is 21.3 Å². The van der Waals surface area contributed by atoms with Gasteiger partial charge in [0.25, 0.3) is 0 Å². The van der Waals surface area contributed by atoms with Crippen molar-refractivity contribution in [1.82, 2.24) is 0 Å². The van der Waals surface area contributed by atoms with E-state index in [1.165, 1.54) is 0 Å². The monoisotopic (exact) mass is 388 g/mol. The minimum absolute atomic E-state index is 0.0603. The highest BCUT2D eigenvalue weighted by Crippen LogP contribution is 2.59. The predicted octanol–water partition coefficient (Wildman–Crippen LogP) is 3.85. The third kappa shape index (κ3) is 3.05. The zero-order chi connectivity index (χ0) is 20.5. The SMILES string of the molecule is C=CC[C@]12C[C@@H](OC)C(=O)C=C1O[C@H](c1cc(OC)c(OC)c(OC)c1)[C@H]2C. The Labute approximate surface area is 166 Å². The first-order valence-corrected chi connectivity index (χ1v) is 9.32. The van der Waals surface area contributed by atoms with E-state index in [0.717, 1.165) is 5.56 Å². The van der Waals surface area contributed by atoms with Crippen LogP contribution in [0.15, 0.2) is 36.6 Å². The predicted molar refractivity (Wildman–Crippen MR) is 105 cm³/mol. The van der Waals surface area contributed by atoms with Gasteiger partial charge < -0.3 is 23.7 Å². The maximum Gasteiger partial charge on any atom is 0.203 e. The van der Waals surface area contributed by atoms with Crippen molar-refractivity contribution in [2.75, 3.05) is 28.4 Å². The first kappa shape index (κ1) is 20.3. The molecule has 0 bridgehead atoms. The number of carbonyl (C=O) groups is 1. The summed E-state index contributed by atoms with van der Waals surface area (Å²) in [6.07, 6.45) is 4.02. The van der Waals surface area contributed by atoms with Gasteiger partial charge in [-0.3, -0.25) is 4.79 Å². The van der Waals surface area contributed by atoms with Gasteiger partial charge in [0.1, 0.15) is 18.0 Å². The number of methoxy groups -OCH3 is 4. The van der Waals surface area contributed by atoms with Crippen LogP contribution in [0.4, 0.5) is 0 Å². The highest BCUT2D eigenvalue weighted by Gasteiger charge is 2.55. The number of ether oxygens (including phenoxy) is 5. The van der Waals surface area contributed by atoms with Crippen molar-refractivity contribution in [3.63, 3.8) is 0 Å². The normalized spacial score (nSPS) is 28.8. The van der Waals surface area contributed by atoms with Gasteiger partial charge in [0, 0.05) is 30.1 Å². The third-order valence-corrected chi connectivity index (χ3v) is 6.02. The average molecular weight is 388 g/mol. The highest BCUT2D eigenvalue weighted by molar-refractivity contribution is 5.95. The number of ketones is 1. The van der Waals surface area contributed by atoms with Crippen molar-refractivity contribution < 1.29 is 28.5 Å². The number of rotatable bonds is 7. The Bertz CT molecular complexity index is 773. The molecule has 6 heteroatoms. The molecule has 152 valence electrons. The smallest absolute Gasteiger partial charge is 0.203 e. The molecule has 6 nitrogen and oxygen atoms in total. The fourth-order valence-electron chi connectivity index (χ4n) is 4.44. The molecule has 1 aromatic carbocycles. The molecule has 0 spiro atoms. The van der Waals surface area contributed by atoms with Gasteiger partial charge >= 0.3 is 0 Å². The van der Waals surface area contributed by atoms with E-state index in [1.807, 2.05) is 18.2 Å². The summed E-state index contributed by atoms with van der Waals surface area (Å²) in [5.41, 5.74) is 0.573. The second-order valence-corrected chi connectivity index (χ2v) is 7.27. The molecule has 3 rings (SSSR count). The maximum atomic E-state index is 12.4. The number of hydrogen-bond acceptors (Lipinski definition) is 6. The Hall–Kier alpha value is -2.47. The second-order valence-electron chi connectivity index (χ2n) is 7.27. The molecule has 0 saturated carbocycles. The Morgan fingerprint density at radius 3 is 2.32 bits per heavy atom. The van der Waals surface area contributed by atoms with Crippen molar-refractivity contribution >= 4 is 5.78 Å². The lowest BCUT2D eigenvalue weighted by atomic mass is 9.65. The molecule has 1 aromatic rings. The van der Waals surface area contributed by atoms with Crippen LogP contribution < -0.4 is 14.2 Å². The lowest BCUT2D eigenvalue weighted by Crippen LogP contribution is -2.39. The van der Waals surface area contributed by atoms with Crippen LogP contribution in [0.2, 0.25) is 0 Å². The summed E-state index contributed by atoms with van der Waals surface area (Å²) in [5.74, 6) is 2.41. The van der Waals surface area contributed by atoms with E-state index in [4.69, 9.17) is 23.7 Å². The standard InChI is InChI=1S/C22H28O6/c1-7-8-22-12-18(26-5)15(23)11-19(22)28-20(13(22)2)14-9-16(24-3)21(27-6)17(10-14)25-4/h7,9-11,13,18,20H,1,8,12H2,2-6H3/t13-,18-,20+,22-/m1/s1. The molecule has 1 heterocycles. The molecule has 1 fully saturated rings. The lowest BCUT2D eigenvalue weighted by molar-refractivity contribution is -0.127. The van der Waals surface area contributed by atoms with Crippen molar-refractivity contribution in [3.8, 4) is 17.2 Å². The van der Waals surface area contributed by atoms with Crippen LogP contribution in [0, 0.1) is 11.3 Å². The number of carbonyl (C=O) groups excluding carboxylic acids is 1. The van der Waals surface area contributed by atoms with Crippen molar-refractivity contribution in [2.24, 2.45) is 11.3 Å². The van der Waals surface area contributed by atoms with Crippen LogP contribution in [0.1, 0.15) is 31.4 Å². The van der Waals surface area contributed by atoms with Crippen molar-refractivity contribution in [3.05, 3.63) is 42.2 Å². The van der Waals surface area contributed by atoms with Gasteiger partial charge in [-0.15, -0.1) is 6.58 Å². The van der Waals surface area contributed by atoms with Gasteiger partial charge in [-0.1, -0.05) is 13.0 Å². The molecule has 0 N–H and O–H groups in total. The van der Waals surface area contributed by atoms with Crippen molar-refractivity contribution in [1.29, 1.82) is 0 Å². The number of benzene rings is 1. The van der Waals surface area contributed by atoms with E-state index < -0.39 is 6.10 Å². The van der Waals surface area contributed by atoms with Gasteiger partial charge in [-0.05, 0) is 25.0 Å². The Kier molecular flexibility index (Phi) is 5.70. The average Bonchev–Trinajstić information content (AvgIpc) is 2.98. The molecule has 1 aliphatic heterocycles. The van der Waals surface area contributed by atoms with Gasteiger partial charge in [0.2, 0.25) is 5.75 Å². The van der Waals surface area contributed by atoms with E-state index in [-0.39, 0.29) is 23.2 Å². The van der Waals surface area contributed by atoms with Crippen LogP contribution >= 0.6 is 0 Å². The Morgan fingerprint density at radius 1 is 1.18 bits per heavy atom. The summed E-state index contributed by atoms with van der Waals surface area (Å²) in [5, 5.41) is 0. The molecule has 0 unspecified atom stereocenters. The van der Waals surface area contributed by atoms with Crippen LogP contribution in [-0.4, -0.2) is 40.3 Å². The summed E-state index contributed by atoms with van der Waals surface area (Å²) in [6, 6.07) is 3.80. The van der Waals surface area contributed by atoms with Crippen molar-refractivity contribution in [2.45, 2.75) is 32.0 Å². The Balaban J connectivity index is 2.07. The zero-order valence-corrected chi connectivity index (χ0v) is 17.1. The molecule has 2 aliphatic rings. The highest BCUT2D eigenvalue weighted by atomic mass is 16.5. The Morgan fingerprint density at radius 2 is 1.82 bits per heavy atom. The van der Waals surface area contributed by atoms with Gasteiger partial charge in [-0.2, -0.15) is 0 Å². The number of allylic oxidation sites excluding steroid dienone is 2. The molecule has 4 atom stereocenters. The largest absolute Gasteiger partial charge is 0.493 e. The van der Waals surface area contributed by atoms with E-state index >= 15 is 0 Å². The molecule has 1 saturated heterocycles. The molecule has 0 aromatic heterocycles. The van der Waals surface area contributed by atoms with Crippen LogP contribution in [0.25, 0.3) is 0 Å². The number of hydrogen-bond donors (Lipinski definition) is 0. The zero-order valence-electron chi connectivity index (χ0n) is 17.1. The van der Waals surface area contributed by atoms with Gasteiger partial charge in [0.15, 0.2) is 17.3 Å². The molecule has 1 aliphatic carbocycles. The summed E-state index contributed by atoms with van der Waals surface area (Å²) >= 11 is 0. The van der Waals surface area contributed by atoms with Gasteiger partial charge in [-0.25, -0.2) is 0 Å². The van der Waals surface area contributed by atoms with E-state index in [9.17, 15) is 4.79 Å². The third-order valence-electron chi connectivity index (χ3n) is 6.02. The summed E-state index contributed by atoms with van der Waals surface area (Å²) < 4.78 is 28.2. The summed E-state index contributed by atoms with van der Waals surface area (Å²) in [4.78, 5) is 12.4. The fourth-order valence-corrected chi connectivity index (χ4v) is 4.44. The molecular weight excluding hydrogens is 360 g/mol. The fraction of sp³-hybridized carbons (Fsp3) is 0.500. The van der Waals surface area contributed by atoms with Crippen LogP contribution in [0.5, 0.6) is 17.2 Å². The lowest BCUT2D eigenvalue weighted by Gasteiger charge is -2.37. The van der Waals surface area contributed by atoms with E-state index in [0.29, 0.717) is 35.8 Å². The summed E-state index contributed by atoms with van der Waals surface area (Å²) in [7, 11) is 6.32. The molecule has 28 heavy (non-hydrogen) atoms. The number of fused-ring (bicyclic) bond motifs is 1. The second kappa shape index (κ2) is 7.87. The minimum atomic E-state index is -0.464. The maximum absolute atomic E-state index is 12.4. The first-order valence-electron chi connectivity index (χ1n) is 9.32. The topological polar surface area (TPSA) is 63.2 Å². The quantitative estimate of drug-likeness (QED) is 0.661.